The van der Waals surface area contributed by atoms with Gasteiger partial charge in [0.1, 0.15) is 5.75 Å². The number of para-hydroxylation sites is 1. The zero-order valence-corrected chi connectivity index (χ0v) is 17.1. The highest BCUT2D eigenvalue weighted by molar-refractivity contribution is 6.07. The Labute approximate surface area is 180 Å². The van der Waals surface area contributed by atoms with E-state index >= 15 is 0 Å². The van der Waals surface area contributed by atoms with E-state index in [0.717, 1.165) is 52.6 Å². The molecule has 2 aliphatic rings. The highest BCUT2D eigenvalue weighted by Gasteiger charge is 2.31. The number of Topliss-reactive ketones (excluding diaryl/α,β-unsaturated/α-hetero) is 1. The van der Waals surface area contributed by atoms with Gasteiger partial charge in [0.15, 0.2) is 11.9 Å². The van der Waals surface area contributed by atoms with Crippen molar-refractivity contribution in [2.45, 2.75) is 44.6 Å². The summed E-state index contributed by atoms with van der Waals surface area (Å²) < 4.78 is 5.73. The van der Waals surface area contributed by atoms with E-state index in [-0.39, 0.29) is 11.5 Å². The van der Waals surface area contributed by atoms with Gasteiger partial charge in [-0.15, -0.1) is 0 Å². The number of nitrogens with zero attached hydrogens (tertiary/aromatic N) is 1. The summed E-state index contributed by atoms with van der Waals surface area (Å²) in [5.41, 5.74) is 4.99. The zero-order chi connectivity index (χ0) is 21.4. The number of ether oxygens (including phenoxy) is 1. The summed E-state index contributed by atoms with van der Waals surface area (Å²) >= 11 is 0. The molecule has 5 heteroatoms. The Bertz CT molecular complexity index is 1210. The summed E-state index contributed by atoms with van der Waals surface area (Å²) in [5, 5.41) is 10.3. The van der Waals surface area contributed by atoms with E-state index in [2.05, 4.69) is 0 Å². The minimum atomic E-state index is -0.641. The number of carbonyl (C=O) groups is 2. The fourth-order valence-corrected chi connectivity index (χ4v) is 4.55. The zero-order valence-electron chi connectivity index (χ0n) is 17.1. The standard InChI is InChI=1S/C26H23NO4/c28-18-12-9-16(10-13-18)15-17-11-14-20-24(19-5-1-2-6-21(19)27-25(17)20)26(30)31-23-8-4-3-7-22(23)29/h1-2,5-6,9-10,12-13,15,23,28H,3-4,7-8,11,14H2/b17-15+/t23-/m0/s1. The third kappa shape index (κ3) is 3.72. The van der Waals surface area contributed by atoms with E-state index in [1.165, 1.54) is 0 Å². The maximum absolute atomic E-state index is 13.3. The molecule has 5 rings (SSSR count). The highest BCUT2D eigenvalue weighted by Crippen LogP contribution is 2.38. The van der Waals surface area contributed by atoms with Crippen LogP contribution in [0.5, 0.6) is 5.75 Å². The van der Waals surface area contributed by atoms with Crippen molar-refractivity contribution in [2.75, 3.05) is 0 Å². The van der Waals surface area contributed by atoms with Gasteiger partial charge in [-0.1, -0.05) is 30.3 Å². The average molecular weight is 413 g/mol. The molecule has 0 spiro atoms. The molecule has 1 N–H and O–H groups in total. The molecule has 3 aromatic rings. The molecule has 5 nitrogen and oxygen atoms in total. The van der Waals surface area contributed by atoms with E-state index in [9.17, 15) is 14.7 Å². The number of aromatic hydroxyl groups is 1. The van der Waals surface area contributed by atoms with Crippen LogP contribution in [0.1, 0.15) is 59.3 Å². The molecule has 2 aromatic carbocycles. The number of ketones is 1. The van der Waals surface area contributed by atoms with Crippen LogP contribution in [0.15, 0.2) is 48.5 Å². The largest absolute Gasteiger partial charge is 0.508 e. The number of phenols is 1. The molecular formula is C26H23NO4. The van der Waals surface area contributed by atoms with Gasteiger partial charge >= 0.3 is 5.97 Å². The van der Waals surface area contributed by atoms with Crippen molar-refractivity contribution in [3.8, 4) is 5.75 Å². The van der Waals surface area contributed by atoms with Gasteiger partial charge in [-0.2, -0.15) is 0 Å². The number of allylic oxidation sites excluding steroid dienone is 1. The van der Waals surface area contributed by atoms with Crippen molar-refractivity contribution < 1.29 is 19.4 Å². The topological polar surface area (TPSA) is 76.5 Å². The van der Waals surface area contributed by atoms with E-state index in [0.29, 0.717) is 24.8 Å². The summed E-state index contributed by atoms with van der Waals surface area (Å²) in [5.74, 6) is -0.191. The number of esters is 1. The van der Waals surface area contributed by atoms with Gasteiger partial charge < -0.3 is 9.84 Å². The number of rotatable bonds is 3. The predicted octanol–water partition coefficient (Wildman–Crippen LogP) is 5.10. The molecule has 1 atom stereocenters. The first-order chi connectivity index (χ1) is 15.1. The average Bonchev–Trinajstić information content (AvgIpc) is 3.17. The van der Waals surface area contributed by atoms with Crippen LogP contribution in [0.2, 0.25) is 0 Å². The van der Waals surface area contributed by atoms with E-state index in [4.69, 9.17) is 9.72 Å². The minimum Gasteiger partial charge on any atom is -0.508 e. The normalized spacial score (nSPS) is 19.5. The number of aromatic nitrogens is 1. The lowest BCUT2D eigenvalue weighted by molar-refractivity contribution is -0.129. The van der Waals surface area contributed by atoms with Crippen LogP contribution < -0.4 is 0 Å². The first-order valence-electron chi connectivity index (χ1n) is 10.8. The molecule has 0 unspecified atom stereocenters. The van der Waals surface area contributed by atoms with Crippen LogP contribution in [-0.2, 0) is 16.0 Å². The lowest BCUT2D eigenvalue weighted by Crippen LogP contribution is -2.30. The first kappa shape index (κ1) is 19.5. The SMILES string of the molecule is O=C(O[C@H]1CCCCC1=O)c1c2c(nc3ccccc13)/C(=C/c1ccc(O)cc1)CC2. The molecule has 0 amide bonds. The van der Waals surface area contributed by atoms with Crippen LogP contribution in [0.25, 0.3) is 22.6 Å². The fourth-order valence-electron chi connectivity index (χ4n) is 4.55. The van der Waals surface area contributed by atoms with E-state index in [1.807, 2.05) is 42.5 Å². The highest BCUT2D eigenvalue weighted by atomic mass is 16.5. The number of phenolic OH excluding ortho intramolecular Hbond substituents is 1. The molecule has 0 bridgehead atoms. The molecule has 0 saturated heterocycles. The van der Waals surface area contributed by atoms with E-state index in [1.54, 1.807) is 12.1 Å². The molecule has 1 heterocycles. The lowest BCUT2D eigenvalue weighted by Gasteiger charge is -2.21. The Balaban J connectivity index is 1.58. The first-order valence-corrected chi connectivity index (χ1v) is 10.8. The van der Waals surface area contributed by atoms with Gasteiger partial charge in [0, 0.05) is 11.8 Å². The Morgan fingerprint density at radius 2 is 1.84 bits per heavy atom. The third-order valence-electron chi connectivity index (χ3n) is 6.13. The van der Waals surface area contributed by atoms with Crippen LogP contribution >= 0.6 is 0 Å². The van der Waals surface area contributed by atoms with Crippen LogP contribution in [0.3, 0.4) is 0 Å². The Hall–Kier alpha value is -3.47. The van der Waals surface area contributed by atoms with Crippen LogP contribution in [0, 0.1) is 0 Å². The van der Waals surface area contributed by atoms with Crippen molar-refractivity contribution in [3.05, 3.63) is 70.9 Å². The Kier molecular flexibility index (Phi) is 5.02. The molecular weight excluding hydrogens is 390 g/mol. The monoisotopic (exact) mass is 413 g/mol. The molecule has 0 aliphatic heterocycles. The minimum absolute atomic E-state index is 0.0162. The number of hydrogen-bond donors (Lipinski definition) is 1. The second-order valence-electron chi connectivity index (χ2n) is 8.20. The Morgan fingerprint density at radius 3 is 2.65 bits per heavy atom. The summed E-state index contributed by atoms with van der Waals surface area (Å²) in [6.45, 7) is 0. The summed E-state index contributed by atoms with van der Waals surface area (Å²) in [7, 11) is 0. The third-order valence-corrected chi connectivity index (χ3v) is 6.13. The summed E-state index contributed by atoms with van der Waals surface area (Å²) in [4.78, 5) is 30.4. The van der Waals surface area contributed by atoms with Crippen LogP contribution in [-0.4, -0.2) is 27.9 Å². The van der Waals surface area contributed by atoms with Crippen LogP contribution in [0.4, 0.5) is 0 Å². The molecule has 1 saturated carbocycles. The van der Waals surface area contributed by atoms with Gasteiger partial charge in [0.2, 0.25) is 0 Å². The molecule has 2 aliphatic carbocycles. The second kappa shape index (κ2) is 7.99. The number of benzene rings is 2. The predicted molar refractivity (Wildman–Crippen MR) is 119 cm³/mol. The van der Waals surface area contributed by atoms with Crippen molar-refractivity contribution in [3.63, 3.8) is 0 Å². The maximum atomic E-state index is 13.3. The number of hydrogen-bond acceptors (Lipinski definition) is 5. The number of carbonyl (C=O) groups excluding carboxylic acids is 2. The summed E-state index contributed by atoms with van der Waals surface area (Å²) in [6.07, 6.45) is 5.71. The van der Waals surface area contributed by atoms with Crippen molar-refractivity contribution in [1.82, 2.24) is 4.98 Å². The van der Waals surface area contributed by atoms with Gasteiger partial charge in [-0.05, 0) is 73.1 Å². The quantitative estimate of drug-likeness (QED) is 0.605. The molecule has 0 radical (unpaired) electrons. The Morgan fingerprint density at radius 1 is 1.03 bits per heavy atom. The molecule has 156 valence electrons. The lowest BCUT2D eigenvalue weighted by atomic mass is 9.96. The van der Waals surface area contributed by atoms with Crippen molar-refractivity contribution in [1.29, 1.82) is 0 Å². The van der Waals surface area contributed by atoms with E-state index < -0.39 is 12.1 Å². The maximum Gasteiger partial charge on any atom is 0.339 e. The van der Waals surface area contributed by atoms with Gasteiger partial charge in [-0.25, -0.2) is 9.78 Å². The van der Waals surface area contributed by atoms with Crippen molar-refractivity contribution in [2.24, 2.45) is 0 Å². The molecule has 1 fully saturated rings. The molecule has 31 heavy (non-hydrogen) atoms. The fraction of sp³-hybridized carbons (Fsp3) is 0.269. The van der Waals surface area contributed by atoms with Crippen molar-refractivity contribution >= 4 is 34.3 Å². The van der Waals surface area contributed by atoms with Gasteiger partial charge in [0.25, 0.3) is 0 Å². The second-order valence-corrected chi connectivity index (χ2v) is 8.20. The van der Waals surface area contributed by atoms with Gasteiger partial charge in [0.05, 0.1) is 16.8 Å². The number of fused-ring (bicyclic) bond motifs is 2. The number of pyridine rings is 1. The van der Waals surface area contributed by atoms with Gasteiger partial charge in [-0.3, -0.25) is 4.79 Å². The summed E-state index contributed by atoms with van der Waals surface area (Å²) in [6, 6.07) is 14.6. The molecule has 1 aromatic heterocycles. The smallest absolute Gasteiger partial charge is 0.339 e.